The van der Waals surface area contributed by atoms with Crippen LogP contribution in [0.15, 0.2) is 66.2 Å². The second-order valence-electron chi connectivity index (χ2n) is 9.89. The molecule has 3 aromatic rings. The van der Waals surface area contributed by atoms with E-state index >= 15 is 0 Å². The number of aliphatic hydroxyl groups is 1. The van der Waals surface area contributed by atoms with Crippen molar-refractivity contribution in [2.45, 2.75) is 32.2 Å². The van der Waals surface area contributed by atoms with Gasteiger partial charge in [0.25, 0.3) is 11.7 Å². The Morgan fingerprint density at radius 2 is 1.47 bits per heavy atom. The van der Waals surface area contributed by atoms with Crippen LogP contribution in [-0.4, -0.2) is 38.1 Å². The normalized spacial score (nSPS) is 17.0. The maximum Gasteiger partial charge on any atom is 0.300 e. The molecule has 0 aliphatic carbocycles. The number of rotatable bonds is 6. The van der Waals surface area contributed by atoms with Crippen LogP contribution in [0.1, 0.15) is 43.5 Å². The second kappa shape index (κ2) is 10.4. The third kappa shape index (κ3) is 4.70. The van der Waals surface area contributed by atoms with E-state index in [1.807, 2.05) is 12.1 Å². The highest BCUT2D eigenvalue weighted by Gasteiger charge is 2.48. The van der Waals surface area contributed by atoms with Crippen LogP contribution in [0.4, 0.5) is 5.69 Å². The molecule has 1 atom stereocenters. The number of benzene rings is 3. The summed E-state index contributed by atoms with van der Waals surface area (Å²) in [6.07, 6.45) is 0. The van der Waals surface area contributed by atoms with Crippen LogP contribution in [0, 0.1) is 0 Å². The van der Waals surface area contributed by atoms with Gasteiger partial charge in [0, 0.05) is 17.3 Å². The number of hydrogen-bond acceptors (Lipinski definition) is 6. The third-order valence-corrected chi connectivity index (χ3v) is 6.91. The molecule has 3 aromatic carbocycles. The number of aliphatic hydroxyl groups excluding tert-OH is 1. The number of nitrogens with zero attached hydrogens (tertiary/aromatic N) is 1. The minimum Gasteiger partial charge on any atom is -0.507 e. The number of carbonyl (C=O) groups is 2. The van der Waals surface area contributed by atoms with Gasteiger partial charge in [0.15, 0.2) is 0 Å². The molecule has 1 unspecified atom stereocenters. The van der Waals surface area contributed by atoms with E-state index in [9.17, 15) is 14.7 Å². The quantitative estimate of drug-likeness (QED) is 0.227. The van der Waals surface area contributed by atoms with Crippen LogP contribution in [0.5, 0.6) is 17.2 Å². The summed E-state index contributed by atoms with van der Waals surface area (Å²) in [4.78, 5) is 28.5. The summed E-state index contributed by atoms with van der Waals surface area (Å²) in [5.74, 6) is -1.02. The Labute approximate surface area is 227 Å². The molecule has 1 saturated heterocycles. The fourth-order valence-corrected chi connectivity index (χ4v) is 4.84. The fourth-order valence-electron chi connectivity index (χ4n) is 4.60. The van der Waals surface area contributed by atoms with E-state index in [2.05, 4.69) is 20.8 Å². The minimum absolute atomic E-state index is 0.0983. The van der Waals surface area contributed by atoms with E-state index in [4.69, 9.17) is 25.8 Å². The Bertz CT molecular complexity index is 1420. The van der Waals surface area contributed by atoms with Crippen LogP contribution < -0.4 is 19.1 Å². The molecule has 0 saturated carbocycles. The van der Waals surface area contributed by atoms with Crippen molar-refractivity contribution in [3.8, 4) is 17.2 Å². The van der Waals surface area contributed by atoms with E-state index in [-0.39, 0.29) is 27.3 Å². The molecule has 0 bridgehead atoms. The predicted molar refractivity (Wildman–Crippen MR) is 147 cm³/mol. The largest absolute Gasteiger partial charge is 0.507 e. The predicted octanol–water partition coefficient (Wildman–Crippen LogP) is 6.29. The lowest BCUT2D eigenvalue weighted by Gasteiger charge is -2.27. The third-order valence-electron chi connectivity index (χ3n) is 6.62. The summed E-state index contributed by atoms with van der Waals surface area (Å²) in [6, 6.07) is 16.5. The van der Waals surface area contributed by atoms with Crippen molar-refractivity contribution in [1.29, 1.82) is 0 Å². The fraction of sp³-hybridized carbons (Fsp3) is 0.267. The lowest BCUT2D eigenvalue weighted by molar-refractivity contribution is -0.132. The Morgan fingerprint density at radius 1 is 0.868 bits per heavy atom. The number of ketones is 1. The molecule has 1 fully saturated rings. The smallest absolute Gasteiger partial charge is 0.300 e. The van der Waals surface area contributed by atoms with Crippen molar-refractivity contribution in [2.24, 2.45) is 0 Å². The summed E-state index contributed by atoms with van der Waals surface area (Å²) in [7, 11) is 4.39. The summed E-state index contributed by atoms with van der Waals surface area (Å²) >= 11 is 6.35. The van der Waals surface area contributed by atoms with Gasteiger partial charge in [-0.25, -0.2) is 0 Å². The van der Waals surface area contributed by atoms with E-state index in [0.717, 1.165) is 5.56 Å². The zero-order valence-electron chi connectivity index (χ0n) is 22.2. The molecule has 198 valence electrons. The van der Waals surface area contributed by atoms with Crippen molar-refractivity contribution < 1.29 is 28.9 Å². The van der Waals surface area contributed by atoms with Crippen molar-refractivity contribution in [1.82, 2.24) is 0 Å². The Morgan fingerprint density at radius 3 is 2.05 bits per heavy atom. The first-order valence-corrected chi connectivity index (χ1v) is 12.4. The average molecular weight is 536 g/mol. The molecule has 1 amide bonds. The van der Waals surface area contributed by atoms with Crippen molar-refractivity contribution in [2.75, 3.05) is 26.2 Å². The SMILES string of the molecule is COc1cc(OC)c(/C(O)=C2\C(=O)C(=O)N(c3ccc(C(C)(C)C)cc3)C2c2ccccc2OC)cc1Cl. The first-order chi connectivity index (χ1) is 18.0. The van der Waals surface area contributed by atoms with E-state index in [1.165, 1.54) is 38.4 Å². The number of hydrogen-bond donors (Lipinski definition) is 1. The summed E-state index contributed by atoms with van der Waals surface area (Å²) in [5.41, 5.74) is 2.06. The van der Waals surface area contributed by atoms with Gasteiger partial charge in [0.05, 0.1) is 43.5 Å². The van der Waals surface area contributed by atoms with E-state index in [0.29, 0.717) is 22.7 Å². The molecule has 0 spiro atoms. The molecule has 1 aliphatic heterocycles. The van der Waals surface area contributed by atoms with Gasteiger partial charge in [-0.1, -0.05) is 62.7 Å². The Hall–Kier alpha value is -3.97. The van der Waals surface area contributed by atoms with Gasteiger partial charge in [0.2, 0.25) is 0 Å². The van der Waals surface area contributed by atoms with Gasteiger partial charge >= 0.3 is 0 Å². The lowest BCUT2D eigenvalue weighted by atomic mass is 9.87. The second-order valence-corrected chi connectivity index (χ2v) is 10.3. The molecular weight excluding hydrogens is 506 g/mol. The zero-order valence-corrected chi connectivity index (χ0v) is 22.9. The number of para-hydroxylation sites is 1. The van der Waals surface area contributed by atoms with Gasteiger partial charge in [-0.3, -0.25) is 14.5 Å². The van der Waals surface area contributed by atoms with Crippen molar-refractivity contribution in [3.05, 3.63) is 87.9 Å². The molecule has 0 radical (unpaired) electrons. The van der Waals surface area contributed by atoms with Gasteiger partial charge in [-0.2, -0.15) is 0 Å². The molecule has 1 aliphatic rings. The van der Waals surface area contributed by atoms with Crippen LogP contribution >= 0.6 is 11.6 Å². The highest BCUT2D eigenvalue weighted by Crippen LogP contribution is 2.46. The van der Waals surface area contributed by atoms with Crippen molar-refractivity contribution in [3.63, 3.8) is 0 Å². The lowest BCUT2D eigenvalue weighted by Crippen LogP contribution is -2.29. The van der Waals surface area contributed by atoms with E-state index < -0.39 is 23.5 Å². The van der Waals surface area contributed by atoms with Crippen LogP contribution in [0.25, 0.3) is 5.76 Å². The van der Waals surface area contributed by atoms with E-state index in [1.54, 1.807) is 36.4 Å². The van der Waals surface area contributed by atoms with Crippen LogP contribution in [-0.2, 0) is 15.0 Å². The van der Waals surface area contributed by atoms with Crippen LogP contribution in [0.3, 0.4) is 0 Å². The number of carbonyl (C=O) groups excluding carboxylic acids is 2. The number of anilines is 1. The molecule has 0 aromatic heterocycles. The van der Waals surface area contributed by atoms with Gasteiger partial charge in [-0.05, 0) is 35.2 Å². The molecule has 1 heterocycles. The first-order valence-electron chi connectivity index (χ1n) is 12.0. The monoisotopic (exact) mass is 535 g/mol. The maximum atomic E-state index is 13.6. The van der Waals surface area contributed by atoms with Gasteiger partial charge in [-0.15, -0.1) is 0 Å². The molecular formula is C30H30ClNO6. The molecule has 8 heteroatoms. The molecule has 4 rings (SSSR count). The zero-order chi connectivity index (χ0) is 27.8. The first kappa shape index (κ1) is 27.1. The maximum absolute atomic E-state index is 13.6. The van der Waals surface area contributed by atoms with Crippen molar-refractivity contribution >= 4 is 34.7 Å². The number of ether oxygens (including phenoxy) is 3. The minimum atomic E-state index is -0.975. The van der Waals surface area contributed by atoms with Gasteiger partial charge in [0.1, 0.15) is 23.0 Å². The van der Waals surface area contributed by atoms with Gasteiger partial charge < -0.3 is 19.3 Å². The molecule has 1 N–H and O–H groups in total. The number of halogens is 1. The highest BCUT2D eigenvalue weighted by atomic mass is 35.5. The number of amides is 1. The average Bonchev–Trinajstić information content (AvgIpc) is 3.17. The Kier molecular flexibility index (Phi) is 7.42. The van der Waals surface area contributed by atoms with Crippen LogP contribution in [0.2, 0.25) is 5.02 Å². The highest BCUT2D eigenvalue weighted by molar-refractivity contribution is 6.51. The molecule has 38 heavy (non-hydrogen) atoms. The molecule has 7 nitrogen and oxygen atoms in total. The number of Topliss-reactive ketones (excluding diaryl/α,β-unsaturated/α-hetero) is 1. The Balaban J connectivity index is 1.99. The summed E-state index contributed by atoms with van der Waals surface area (Å²) < 4.78 is 16.3. The standard InChI is InChI=1S/C30H30ClNO6/c1-30(2,3)17-11-13-18(14-12-17)32-26(19-9-7-8-10-22(19)36-4)25(28(34)29(32)35)27(33)20-15-21(31)24(38-6)16-23(20)37-5/h7-16,26,33H,1-6H3/b27-25+. The topological polar surface area (TPSA) is 85.3 Å². The summed E-state index contributed by atoms with van der Waals surface area (Å²) in [5, 5.41) is 11.8. The number of methoxy groups -OCH3 is 3. The summed E-state index contributed by atoms with van der Waals surface area (Å²) in [6.45, 7) is 6.28.